The molecule has 0 saturated carbocycles. The van der Waals surface area contributed by atoms with Crippen LogP contribution in [-0.2, 0) is 6.61 Å². The molecule has 2 aromatic rings. The van der Waals surface area contributed by atoms with E-state index in [2.05, 4.69) is 15.9 Å². The van der Waals surface area contributed by atoms with Crippen molar-refractivity contribution in [3.05, 3.63) is 56.5 Å². The predicted octanol–water partition coefficient (Wildman–Crippen LogP) is 5.04. The van der Waals surface area contributed by atoms with E-state index in [1.807, 2.05) is 6.07 Å². The van der Waals surface area contributed by atoms with Crippen molar-refractivity contribution in [3.63, 3.8) is 0 Å². The number of benzene rings is 2. The third kappa shape index (κ3) is 3.18. The molecule has 0 radical (unpaired) electrons. The number of ether oxygens (including phenoxy) is 1. The van der Waals surface area contributed by atoms with Crippen LogP contribution in [0.15, 0.2) is 40.9 Å². The van der Waals surface area contributed by atoms with Gasteiger partial charge in [0.25, 0.3) is 0 Å². The van der Waals surface area contributed by atoms with Crippen LogP contribution in [0.5, 0.6) is 11.5 Å². The summed E-state index contributed by atoms with van der Waals surface area (Å²) in [6.07, 6.45) is 0. The van der Waals surface area contributed by atoms with Gasteiger partial charge in [0, 0.05) is 15.1 Å². The largest absolute Gasteiger partial charge is 0.455 e. The summed E-state index contributed by atoms with van der Waals surface area (Å²) in [7, 11) is 0. The third-order valence-corrected chi connectivity index (χ3v) is 3.34. The third-order valence-electron chi connectivity index (χ3n) is 2.31. The molecule has 0 aliphatic rings. The molecular formula is C13H9BrCl2O2. The minimum atomic E-state index is -0.124. The van der Waals surface area contributed by atoms with Crippen LogP contribution in [0.1, 0.15) is 5.56 Å². The zero-order chi connectivity index (χ0) is 13.1. The molecule has 2 nitrogen and oxygen atoms in total. The zero-order valence-corrected chi connectivity index (χ0v) is 12.3. The molecule has 18 heavy (non-hydrogen) atoms. The summed E-state index contributed by atoms with van der Waals surface area (Å²) >= 11 is 15.3. The van der Waals surface area contributed by atoms with Gasteiger partial charge >= 0.3 is 0 Å². The fraction of sp³-hybridized carbons (Fsp3) is 0.0769. The maximum atomic E-state index is 9.24. The Morgan fingerprint density at radius 3 is 2.50 bits per heavy atom. The maximum Gasteiger partial charge on any atom is 0.146 e. The average Bonchev–Trinajstić information content (AvgIpc) is 2.33. The molecular weight excluding hydrogens is 339 g/mol. The Kier molecular flexibility index (Phi) is 4.51. The van der Waals surface area contributed by atoms with Crippen molar-refractivity contribution in [2.75, 3.05) is 0 Å². The molecule has 5 heteroatoms. The monoisotopic (exact) mass is 346 g/mol. The van der Waals surface area contributed by atoms with Crippen molar-refractivity contribution in [1.82, 2.24) is 0 Å². The minimum absolute atomic E-state index is 0.124. The molecule has 0 aliphatic carbocycles. The molecule has 0 aliphatic heterocycles. The summed E-state index contributed by atoms with van der Waals surface area (Å²) in [5, 5.41) is 10.3. The van der Waals surface area contributed by atoms with E-state index in [4.69, 9.17) is 27.9 Å². The first kappa shape index (κ1) is 13.7. The highest BCUT2D eigenvalue weighted by Crippen LogP contribution is 2.34. The predicted molar refractivity (Wildman–Crippen MR) is 76.6 cm³/mol. The van der Waals surface area contributed by atoms with Crippen molar-refractivity contribution < 1.29 is 9.84 Å². The van der Waals surface area contributed by atoms with E-state index < -0.39 is 0 Å². The van der Waals surface area contributed by atoms with Gasteiger partial charge in [-0.15, -0.1) is 0 Å². The van der Waals surface area contributed by atoms with E-state index in [1.165, 1.54) is 0 Å². The van der Waals surface area contributed by atoms with Gasteiger partial charge in [-0.1, -0.05) is 45.2 Å². The molecule has 2 rings (SSSR count). The number of halogens is 3. The Morgan fingerprint density at radius 2 is 1.83 bits per heavy atom. The van der Waals surface area contributed by atoms with Crippen molar-refractivity contribution in [3.8, 4) is 11.5 Å². The SMILES string of the molecule is OCc1ccc(Cl)cc1Oc1ccc(Br)cc1Cl. The number of hydrogen-bond donors (Lipinski definition) is 1. The number of rotatable bonds is 3. The summed E-state index contributed by atoms with van der Waals surface area (Å²) in [4.78, 5) is 0. The Hall–Kier alpha value is -0.740. The molecule has 0 aromatic heterocycles. The van der Waals surface area contributed by atoms with Gasteiger partial charge in [0.15, 0.2) is 0 Å². The van der Waals surface area contributed by atoms with Gasteiger partial charge in [-0.05, 0) is 30.3 Å². The van der Waals surface area contributed by atoms with Crippen molar-refractivity contribution >= 4 is 39.1 Å². The molecule has 0 spiro atoms. The first-order chi connectivity index (χ1) is 8.60. The maximum absolute atomic E-state index is 9.24. The van der Waals surface area contributed by atoms with E-state index in [-0.39, 0.29) is 6.61 Å². The molecule has 0 amide bonds. The fourth-order valence-electron chi connectivity index (χ4n) is 1.43. The highest BCUT2D eigenvalue weighted by molar-refractivity contribution is 9.10. The summed E-state index contributed by atoms with van der Waals surface area (Å²) in [6.45, 7) is -0.124. The highest BCUT2D eigenvalue weighted by atomic mass is 79.9. The van der Waals surface area contributed by atoms with Crippen LogP contribution in [0.4, 0.5) is 0 Å². The van der Waals surface area contributed by atoms with E-state index in [0.717, 1.165) is 4.47 Å². The number of aliphatic hydroxyl groups is 1. The Bertz CT molecular complexity index is 573. The lowest BCUT2D eigenvalue weighted by molar-refractivity contribution is 0.276. The summed E-state index contributed by atoms with van der Waals surface area (Å²) in [5.74, 6) is 1.01. The quantitative estimate of drug-likeness (QED) is 0.842. The topological polar surface area (TPSA) is 29.5 Å². The molecule has 1 N–H and O–H groups in total. The van der Waals surface area contributed by atoms with Crippen LogP contribution < -0.4 is 4.74 Å². The Morgan fingerprint density at radius 1 is 1.06 bits per heavy atom. The van der Waals surface area contributed by atoms with Gasteiger partial charge in [0.05, 0.1) is 11.6 Å². The van der Waals surface area contributed by atoms with Crippen LogP contribution in [0.2, 0.25) is 10.0 Å². The van der Waals surface area contributed by atoms with Crippen molar-refractivity contribution in [1.29, 1.82) is 0 Å². The van der Waals surface area contributed by atoms with E-state index in [1.54, 1.807) is 30.3 Å². The second kappa shape index (κ2) is 5.93. The second-order valence-electron chi connectivity index (χ2n) is 3.59. The lowest BCUT2D eigenvalue weighted by Gasteiger charge is -2.11. The molecule has 0 saturated heterocycles. The van der Waals surface area contributed by atoms with Gasteiger partial charge in [0.2, 0.25) is 0 Å². The molecule has 0 bridgehead atoms. The lowest BCUT2D eigenvalue weighted by Crippen LogP contribution is -1.92. The van der Waals surface area contributed by atoms with Crippen molar-refractivity contribution in [2.24, 2.45) is 0 Å². The smallest absolute Gasteiger partial charge is 0.146 e. The van der Waals surface area contributed by atoms with Gasteiger partial charge in [0.1, 0.15) is 11.5 Å². The molecule has 0 atom stereocenters. The highest BCUT2D eigenvalue weighted by Gasteiger charge is 2.08. The summed E-state index contributed by atoms with van der Waals surface area (Å²) < 4.78 is 6.54. The molecule has 94 valence electrons. The van der Waals surface area contributed by atoms with Gasteiger partial charge in [-0.25, -0.2) is 0 Å². The minimum Gasteiger partial charge on any atom is -0.455 e. The number of aliphatic hydroxyl groups excluding tert-OH is 1. The van der Waals surface area contributed by atoms with Crippen LogP contribution in [0, 0.1) is 0 Å². The van der Waals surface area contributed by atoms with Crippen LogP contribution >= 0.6 is 39.1 Å². The van der Waals surface area contributed by atoms with Crippen LogP contribution in [-0.4, -0.2) is 5.11 Å². The first-order valence-corrected chi connectivity index (χ1v) is 6.67. The van der Waals surface area contributed by atoms with Crippen molar-refractivity contribution in [2.45, 2.75) is 6.61 Å². The van der Waals surface area contributed by atoms with Crippen LogP contribution in [0.25, 0.3) is 0 Å². The van der Waals surface area contributed by atoms with Crippen LogP contribution in [0.3, 0.4) is 0 Å². The molecule has 2 aromatic carbocycles. The zero-order valence-electron chi connectivity index (χ0n) is 9.16. The Balaban J connectivity index is 2.36. The van der Waals surface area contributed by atoms with Gasteiger partial charge in [-0.2, -0.15) is 0 Å². The van der Waals surface area contributed by atoms with Gasteiger partial charge in [-0.3, -0.25) is 0 Å². The van der Waals surface area contributed by atoms with E-state index in [0.29, 0.717) is 27.1 Å². The standard InChI is InChI=1S/C13H9BrCl2O2/c14-9-2-4-12(11(16)5-9)18-13-6-10(15)3-1-8(13)7-17/h1-6,17H,7H2. The van der Waals surface area contributed by atoms with E-state index in [9.17, 15) is 5.11 Å². The molecule has 0 heterocycles. The molecule has 0 fully saturated rings. The van der Waals surface area contributed by atoms with Gasteiger partial charge < -0.3 is 9.84 Å². The van der Waals surface area contributed by atoms with E-state index >= 15 is 0 Å². The number of hydrogen-bond acceptors (Lipinski definition) is 2. The summed E-state index contributed by atoms with van der Waals surface area (Å²) in [5.41, 5.74) is 0.651. The second-order valence-corrected chi connectivity index (χ2v) is 5.35. The Labute approximate surface area is 123 Å². The average molecular weight is 348 g/mol. The summed E-state index contributed by atoms with van der Waals surface area (Å²) in [6, 6.07) is 10.4. The first-order valence-electron chi connectivity index (χ1n) is 5.12. The molecule has 0 unspecified atom stereocenters. The lowest BCUT2D eigenvalue weighted by atomic mass is 10.2. The fourth-order valence-corrected chi connectivity index (χ4v) is 2.30. The normalized spacial score (nSPS) is 10.4.